The predicted molar refractivity (Wildman–Crippen MR) is 55.3 cm³/mol. The van der Waals surface area contributed by atoms with Crippen LogP contribution in [0.2, 0.25) is 0 Å². The number of hydrogen-bond acceptors (Lipinski definition) is 3. The highest BCUT2D eigenvalue weighted by Gasteiger charge is 2.35. The van der Waals surface area contributed by atoms with E-state index in [1.54, 1.807) is 0 Å². The molecule has 3 N–H and O–H groups in total. The van der Waals surface area contributed by atoms with E-state index in [9.17, 15) is 9.59 Å². The summed E-state index contributed by atoms with van der Waals surface area (Å²) in [4.78, 5) is 23.8. The molecule has 5 heteroatoms. The number of carbonyl (C=O) groups excluding carboxylic acids is 1. The number of aliphatic carboxylic acids is 1. The minimum Gasteiger partial charge on any atom is -0.480 e. The molecule has 0 aromatic carbocycles. The molecule has 0 bridgehead atoms. The molecule has 86 valence electrons. The Bertz CT molecular complexity index is 251. The number of rotatable bonds is 6. The van der Waals surface area contributed by atoms with Gasteiger partial charge in [0.15, 0.2) is 0 Å². The number of hydrogen-bond donors (Lipinski definition) is 2. The highest BCUT2D eigenvalue weighted by Crippen LogP contribution is 2.27. The maximum atomic E-state index is 11.8. The van der Waals surface area contributed by atoms with Crippen molar-refractivity contribution in [1.29, 1.82) is 0 Å². The van der Waals surface area contributed by atoms with Crippen molar-refractivity contribution in [2.45, 2.75) is 44.7 Å². The Morgan fingerprint density at radius 3 is 2.53 bits per heavy atom. The van der Waals surface area contributed by atoms with E-state index in [2.05, 4.69) is 0 Å². The first-order valence-corrected chi connectivity index (χ1v) is 5.34. The third kappa shape index (κ3) is 3.51. The lowest BCUT2D eigenvalue weighted by molar-refractivity contribution is -0.145. The zero-order chi connectivity index (χ0) is 11.4. The van der Waals surface area contributed by atoms with Crippen molar-refractivity contribution >= 4 is 11.9 Å². The summed E-state index contributed by atoms with van der Waals surface area (Å²) < 4.78 is 0. The summed E-state index contributed by atoms with van der Waals surface area (Å²) in [6, 6.07) is -0.438. The van der Waals surface area contributed by atoms with Crippen LogP contribution >= 0.6 is 0 Å². The van der Waals surface area contributed by atoms with Crippen LogP contribution in [0.3, 0.4) is 0 Å². The van der Waals surface area contributed by atoms with Gasteiger partial charge in [-0.2, -0.15) is 0 Å². The summed E-state index contributed by atoms with van der Waals surface area (Å²) in [7, 11) is 0. The summed E-state index contributed by atoms with van der Waals surface area (Å²) >= 11 is 0. The molecule has 0 saturated heterocycles. The Morgan fingerprint density at radius 2 is 2.13 bits per heavy atom. The molecule has 0 aromatic heterocycles. The number of amides is 1. The fourth-order valence-corrected chi connectivity index (χ4v) is 1.57. The van der Waals surface area contributed by atoms with Crippen LogP contribution in [0, 0.1) is 0 Å². The van der Waals surface area contributed by atoms with E-state index in [0.717, 1.165) is 19.3 Å². The van der Waals surface area contributed by atoms with E-state index in [4.69, 9.17) is 10.8 Å². The lowest BCUT2D eigenvalue weighted by Gasteiger charge is -2.23. The van der Waals surface area contributed by atoms with Crippen molar-refractivity contribution in [2.75, 3.05) is 6.54 Å². The second-order valence-electron chi connectivity index (χ2n) is 3.99. The van der Waals surface area contributed by atoms with E-state index in [1.165, 1.54) is 4.90 Å². The molecule has 1 fully saturated rings. The van der Waals surface area contributed by atoms with Gasteiger partial charge in [-0.3, -0.25) is 9.59 Å². The quantitative estimate of drug-likeness (QED) is 0.661. The van der Waals surface area contributed by atoms with Gasteiger partial charge in [0.2, 0.25) is 5.91 Å². The number of carbonyl (C=O) groups is 2. The minimum atomic E-state index is -0.973. The van der Waals surface area contributed by atoms with Crippen LogP contribution in [-0.4, -0.2) is 40.5 Å². The number of nitrogens with two attached hydrogens (primary N) is 1. The van der Waals surface area contributed by atoms with E-state index < -0.39 is 12.0 Å². The monoisotopic (exact) mass is 214 g/mol. The van der Waals surface area contributed by atoms with Gasteiger partial charge in [-0.05, 0) is 19.3 Å². The summed E-state index contributed by atoms with van der Waals surface area (Å²) in [6.45, 7) is 1.73. The molecule has 1 aliphatic carbocycles. The second-order valence-corrected chi connectivity index (χ2v) is 3.99. The first-order valence-electron chi connectivity index (χ1n) is 5.34. The van der Waals surface area contributed by atoms with Crippen LogP contribution in [0.25, 0.3) is 0 Å². The third-order valence-electron chi connectivity index (χ3n) is 2.49. The normalized spacial score (nSPS) is 17.2. The van der Waals surface area contributed by atoms with Crippen LogP contribution in [0.1, 0.15) is 32.6 Å². The molecule has 1 atom stereocenters. The smallest absolute Gasteiger partial charge is 0.323 e. The molecule has 0 radical (unpaired) electrons. The van der Waals surface area contributed by atoms with Crippen molar-refractivity contribution in [3.63, 3.8) is 0 Å². The van der Waals surface area contributed by atoms with Gasteiger partial charge < -0.3 is 15.7 Å². The molecule has 5 nitrogen and oxygen atoms in total. The van der Waals surface area contributed by atoms with Gasteiger partial charge in [-0.25, -0.2) is 0 Å². The standard InChI is InChI=1S/C10H18N2O3/c1-2-3-8(11)10(15)12(6-9(13)14)7-4-5-7/h7-8H,2-6,11H2,1H3,(H,13,14)/t8-/m0/s1. The Hall–Kier alpha value is -1.10. The van der Waals surface area contributed by atoms with Crippen LogP contribution in [0.5, 0.6) is 0 Å². The first kappa shape index (κ1) is 12.0. The van der Waals surface area contributed by atoms with Crippen LogP contribution in [0.15, 0.2) is 0 Å². The topological polar surface area (TPSA) is 83.6 Å². The van der Waals surface area contributed by atoms with Crippen molar-refractivity contribution in [3.05, 3.63) is 0 Å². The van der Waals surface area contributed by atoms with Gasteiger partial charge >= 0.3 is 5.97 Å². The van der Waals surface area contributed by atoms with Gasteiger partial charge in [0.25, 0.3) is 0 Å². The second kappa shape index (κ2) is 5.11. The Labute approximate surface area is 89.2 Å². The predicted octanol–water partition coefficient (Wildman–Crippen LogP) is 0.189. The van der Waals surface area contributed by atoms with Gasteiger partial charge in [0.1, 0.15) is 6.54 Å². The van der Waals surface area contributed by atoms with E-state index >= 15 is 0 Å². The van der Waals surface area contributed by atoms with Crippen LogP contribution in [0.4, 0.5) is 0 Å². The zero-order valence-electron chi connectivity index (χ0n) is 8.98. The molecule has 1 aliphatic rings. The van der Waals surface area contributed by atoms with Gasteiger partial charge in [0, 0.05) is 6.04 Å². The minimum absolute atomic E-state index is 0.108. The van der Waals surface area contributed by atoms with E-state index in [1.807, 2.05) is 6.92 Å². The first-order chi connectivity index (χ1) is 7.06. The SMILES string of the molecule is CCC[C@H](N)C(=O)N(CC(=O)O)C1CC1. The average Bonchev–Trinajstić information content (AvgIpc) is 2.96. The molecular weight excluding hydrogens is 196 g/mol. The number of carboxylic acid groups (broad SMARTS) is 1. The van der Waals surface area contributed by atoms with E-state index in [0.29, 0.717) is 6.42 Å². The van der Waals surface area contributed by atoms with Crippen molar-refractivity contribution in [2.24, 2.45) is 5.73 Å². The summed E-state index contributed by atoms with van der Waals surface area (Å²) in [5.74, 6) is -1.19. The summed E-state index contributed by atoms with van der Waals surface area (Å²) in [5.41, 5.74) is 5.69. The Kier molecular flexibility index (Phi) is 4.08. The molecule has 15 heavy (non-hydrogen) atoms. The molecule has 1 saturated carbocycles. The lowest BCUT2D eigenvalue weighted by atomic mass is 10.1. The fourth-order valence-electron chi connectivity index (χ4n) is 1.57. The Morgan fingerprint density at radius 1 is 1.53 bits per heavy atom. The highest BCUT2D eigenvalue weighted by atomic mass is 16.4. The van der Waals surface area contributed by atoms with Crippen LogP contribution < -0.4 is 5.73 Å². The summed E-state index contributed by atoms with van der Waals surface area (Å²) in [6.07, 6.45) is 3.25. The maximum absolute atomic E-state index is 11.8. The van der Waals surface area contributed by atoms with Gasteiger partial charge in [0.05, 0.1) is 6.04 Å². The largest absolute Gasteiger partial charge is 0.480 e. The molecule has 0 heterocycles. The molecule has 0 aromatic rings. The van der Waals surface area contributed by atoms with Gasteiger partial charge in [-0.15, -0.1) is 0 Å². The molecule has 0 aliphatic heterocycles. The third-order valence-corrected chi connectivity index (χ3v) is 2.49. The van der Waals surface area contributed by atoms with E-state index in [-0.39, 0.29) is 18.5 Å². The van der Waals surface area contributed by atoms with Gasteiger partial charge in [-0.1, -0.05) is 13.3 Å². The van der Waals surface area contributed by atoms with Crippen molar-refractivity contribution in [1.82, 2.24) is 4.90 Å². The molecular formula is C10H18N2O3. The molecule has 0 spiro atoms. The zero-order valence-corrected chi connectivity index (χ0v) is 8.98. The lowest BCUT2D eigenvalue weighted by Crippen LogP contribution is -2.46. The molecule has 1 rings (SSSR count). The molecule has 0 unspecified atom stereocenters. The van der Waals surface area contributed by atoms with Crippen LogP contribution in [-0.2, 0) is 9.59 Å². The fraction of sp³-hybridized carbons (Fsp3) is 0.800. The maximum Gasteiger partial charge on any atom is 0.323 e. The summed E-state index contributed by atoms with van der Waals surface area (Å²) in [5, 5.41) is 8.69. The average molecular weight is 214 g/mol. The highest BCUT2D eigenvalue weighted by molar-refractivity contribution is 5.85. The number of nitrogens with zero attached hydrogens (tertiary/aromatic N) is 1. The van der Waals surface area contributed by atoms with Crippen molar-refractivity contribution in [3.8, 4) is 0 Å². The Balaban J connectivity index is 2.54. The number of carboxylic acids is 1. The van der Waals surface area contributed by atoms with Crippen molar-refractivity contribution < 1.29 is 14.7 Å². The molecule has 1 amide bonds.